The van der Waals surface area contributed by atoms with Gasteiger partial charge in [-0.2, -0.15) is 0 Å². The van der Waals surface area contributed by atoms with E-state index in [1.165, 1.54) is 0 Å². The summed E-state index contributed by atoms with van der Waals surface area (Å²) < 4.78 is 12.1. The van der Waals surface area contributed by atoms with E-state index in [0.29, 0.717) is 11.3 Å². The Kier molecular flexibility index (Phi) is 5.86. The Morgan fingerprint density at radius 3 is 2.61 bits per heavy atom. The number of hydrogen-bond donors (Lipinski definition) is 3. The molecule has 0 spiro atoms. The minimum absolute atomic E-state index is 0.0449. The van der Waals surface area contributed by atoms with Crippen LogP contribution in [-0.4, -0.2) is 44.9 Å². The number of amides is 2. The predicted octanol–water partition coefficient (Wildman–Crippen LogP) is 0.0323. The van der Waals surface area contributed by atoms with Crippen molar-refractivity contribution in [3.05, 3.63) is 30.3 Å². The van der Waals surface area contributed by atoms with Gasteiger partial charge >= 0.3 is 5.97 Å². The predicted molar refractivity (Wildman–Crippen MR) is 83.1 cm³/mol. The number of carbonyl (C=O) groups excluding carboxylic acids is 2. The number of aliphatic carboxylic acids is 1. The molecule has 1 aliphatic heterocycles. The van der Waals surface area contributed by atoms with E-state index in [2.05, 4.69) is 10.6 Å². The number of benzene rings is 1. The van der Waals surface area contributed by atoms with Gasteiger partial charge in [-0.05, 0) is 25.0 Å². The van der Waals surface area contributed by atoms with Crippen molar-refractivity contribution in [3.8, 4) is 0 Å². The fourth-order valence-electron chi connectivity index (χ4n) is 2.26. The number of nitrogens with one attached hydrogen (secondary N) is 2. The molecule has 1 aromatic carbocycles. The fourth-order valence-corrected chi connectivity index (χ4v) is 3.40. The molecular formula is C15H18N2O5S. The minimum Gasteiger partial charge on any atom is -0.480 e. The Hall–Kier alpha value is -2.22. The van der Waals surface area contributed by atoms with Gasteiger partial charge in [-0.1, -0.05) is 18.2 Å². The normalized spacial score (nSPS) is 19.7. The van der Waals surface area contributed by atoms with Gasteiger partial charge in [0.05, 0.1) is 10.8 Å². The zero-order valence-electron chi connectivity index (χ0n) is 12.4. The molecule has 0 saturated carbocycles. The van der Waals surface area contributed by atoms with Crippen molar-refractivity contribution in [2.45, 2.75) is 36.2 Å². The fraction of sp³-hybridized carbons (Fsp3) is 0.400. The van der Waals surface area contributed by atoms with E-state index in [0.717, 1.165) is 0 Å². The number of carbonyl (C=O) groups is 3. The molecule has 3 N–H and O–H groups in total. The van der Waals surface area contributed by atoms with Crippen molar-refractivity contribution in [1.29, 1.82) is 0 Å². The summed E-state index contributed by atoms with van der Waals surface area (Å²) in [5.41, 5.74) is 0. The first-order valence-corrected chi connectivity index (χ1v) is 8.55. The molecule has 1 aromatic rings. The van der Waals surface area contributed by atoms with Gasteiger partial charge in [-0.3, -0.25) is 13.8 Å². The first-order chi connectivity index (χ1) is 11.0. The summed E-state index contributed by atoms with van der Waals surface area (Å²) in [6.45, 7) is 0. The van der Waals surface area contributed by atoms with Gasteiger partial charge in [-0.25, -0.2) is 4.79 Å². The second kappa shape index (κ2) is 7.87. The molecule has 2 rings (SSSR count). The standard InChI is InChI=1S/C15H18N2O5S/c18-13-7-6-11(16-13)14(19)17-12(15(20)21)8-9-23(22)10-4-2-1-3-5-10/h1-5,11-12H,6-9H2,(H,16,18)(H,17,19)(H,20,21)/t11-,12-,23-/m0/s1. The van der Waals surface area contributed by atoms with Gasteiger partial charge < -0.3 is 15.7 Å². The van der Waals surface area contributed by atoms with Crippen LogP contribution < -0.4 is 10.6 Å². The zero-order chi connectivity index (χ0) is 16.8. The Morgan fingerprint density at radius 2 is 2.04 bits per heavy atom. The van der Waals surface area contributed by atoms with Crippen LogP contribution in [0.15, 0.2) is 35.2 Å². The molecule has 0 bridgehead atoms. The molecule has 1 aliphatic rings. The lowest BCUT2D eigenvalue weighted by atomic mass is 10.1. The molecule has 3 atom stereocenters. The first-order valence-electron chi connectivity index (χ1n) is 7.23. The van der Waals surface area contributed by atoms with Crippen LogP contribution in [0.1, 0.15) is 19.3 Å². The van der Waals surface area contributed by atoms with E-state index in [9.17, 15) is 23.7 Å². The van der Waals surface area contributed by atoms with Gasteiger partial charge in [0.25, 0.3) is 0 Å². The molecule has 1 fully saturated rings. The van der Waals surface area contributed by atoms with E-state index in [1.54, 1.807) is 30.3 Å². The van der Waals surface area contributed by atoms with Crippen molar-refractivity contribution >= 4 is 28.6 Å². The maximum absolute atomic E-state index is 12.1. The quantitative estimate of drug-likeness (QED) is 0.649. The van der Waals surface area contributed by atoms with E-state index in [4.69, 9.17) is 0 Å². The molecule has 0 radical (unpaired) electrons. The van der Waals surface area contributed by atoms with Crippen LogP contribution in [-0.2, 0) is 25.2 Å². The topological polar surface area (TPSA) is 113 Å². The lowest BCUT2D eigenvalue weighted by Gasteiger charge is -2.17. The van der Waals surface area contributed by atoms with E-state index >= 15 is 0 Å². The van der Waals surface area contributed by atoms with Gasteiger partial charge in [0.2, 0.25) is 11.8 Å². The van der Waals surface area contributed by atoms with Crippen LogP contribution in [0.4, 0.5) is 0 Å². The molecule has 7 nitrogen and oxygen atoms in total. The average molecular weight is 338 g/mol. The Labute approximate surface area is 135 Å². The van der Waals surface area contributed by atoms with Crippen LogP contribution >= 0.6 is 0 Å². The molecule has 23 heavy (non-hydrogen) atoms. The molecule has 2 amide bonds. The third kappa shape index (κ3) is 4.88. The van der Waals surface area contributed by atoms with Crippen LogP contribution in [0.5, 0.6) is 0 Å². The monoisotopic (exact) mass is 338 g/mol. The molecule has 124 valence electrons. The van der Waals surface area contributed by atoms with Gasteiger partial charge in [-0.15, -0.1) is 0 Å². The average Bonchev–Trinajstić information content (AvgIpc) is 2.98. The van der Waals surface area contributed by atoms with Crippen molar-refractivity contribution < 1.29 is 23.7 Å². The maximum Gasteiger partial charge on any atom is 0.326 e. The van der Waals surface area contributed by atoms with Crippen molar-refractivity contribution in [2.75, 3.05) is 5.75 Å². The molecule has 1 heterocycles. The summed E-state index contributed by atoms with van der Waals surface area (Å²) in [4.78, 5) is 34.9. The van der Waals surface area contributed by atoms with Crippen LogP contribution in [0.25, 0.3) is 0 Å². The van der Waals surface area contributed by atoms with Crippen molar-refractivity contribution in [2.24, 2.45) is 0 Å². The summed E-state index contributed by atoms with van der Waals surface area (Å²) in [7, 11) is -1.33. The first kappa shape index (κ1) is 17.1. The highest BCUT2D eigenvalue weighted by Crippen LogP contribution is 2.10. The Bertz CT molecular complexity index is 620. The lowest BCUT2D eigenvalue weighted by Crippen LogP contribution is -2.49. The number of hydrogen-bond acceptors (Lipinski definition) is 4. The van der Waals surface area contributed by atoms with E-state index < -0.39 is 34.8 Å². The number of rotatable bonds is 7. The molecule has 0 unspecified atom stereocenters. The van der Waals surface area contributed by atoms with Crippen LogP contribution in [0.2, 0.25) is 0 Å². The summed E-state index contributed by atoms with van der Waals surface area (Å²) in [5, 5.41) is 14.1. The third-order valence-corrected chi connectivity index (χ3v) is 4.93. The summed E-state index contributed by atoms with van der Waals surface area (Å²) in [6, 6.07) is 6.91. The van der Waals surface area contributed by atoms with Crippen molar-refractivity contribution in [3.63, 3.8) is 0 Å². The zero-order valence-corrected chi connectivity index (χ0v) is 13.2. The minimum atomic E-state index is -1.33. The third-order valence-electron chi connectivity index (χ3n) is 3.52. The van der Waals surface area contributed by atoms with E-state index in [1.807, 2.05) is 0 Å². The summed E-state index contributed by atoms with van der Waals surface area (Å²) in [5.74, 6) is -1.80. The molecule has 0 aliphatic carbocycles. The number of carboxylic acids is 1. The van der Waals surface area contributed by atoms with E-state index in [-0.39, 0.29) is 24.5 Å². The number of carboxylic acid groups (broad SMARTS) is 1. The molecule has 8 heteroatoms. The largest absolute Gasteiger partial charge is 0.480 e. The van der Waals surface area contributed by atoms with Gasteiger partial charge in [0.15, 0.2) is 0 Å². The highest BCUT2D eigenvalue weighted by molar-refractivity contribution is 7.85. The molecule has 0 aromatic heterocycles. The van der Waals surface area contributed by atoms with Crippen LogP contribution in [0.3, 0.4) is 0 Å². The summed E-state index contributed by atoms with van der Waals surface area (Å²) in [6.07, 6.45) is 0.657. The Balaban J connectivity index is 1.89. The highest BCUT2D eigenvalue weighted by atomic mass is 32.2. The molecular weight excluding hydrogens is 320 g/mol. The van der Waals surface area contributed by atoms with Gasteiger partial charge in [0, 0.05) is 17.1 Å². The van der Waals surface area contributed by atoms with Crippen molar-refractivity contribution in [1.82, 2.24) is 10.6 Å². The Morgan fingerprint density at radius 1 is 1.35 bits per heavy atom. The second-order valence-corrected chi connectivity index (χ2v) is 6.78. The highest BCUT2D eigenvalue weighted by Gasteiger charge is 2.30. The second-order valence-electron chi connectivity index (χ2n) is 5.21. The molecule has 1 saturated heterocycles. The van der Waals surface area contributed by atoms with Gasteiger partial charge in [0.1, 0.15) is 12.1 Å². The summed E-state index contributed by atoms with van der Waals surface area (Å²) >= 11 is 0. The lowest BCUT2D eigenvalue weighted by molar-refractivity contribution is -0.142. The maximum atomic E-state index is 12.1. The van der Waals surface area contributed by atoms with Crippen LogP contribution in [0, 0.1) is 0 Å². The SMILES string of the molecule is O=C1CC[C@@H](C(=O)N[C@@H](CC[S@](=O)c2ccccc2)C(=O)O)N1. The smallest absolute Gasteiger partial charge is 0.326 e.